The van der Waals surface area contributed by atoms with Crippen LogP contribution in [0.4, 0.5) is 0 Å². The van der Waals surface area contributed by atoms with Crippen LogP contribution in [0.15, 0.2) is 18.2 Å². The van der Waals surface area contributed by atoms with Crippen molar-refractivity contribution in [3.63, 3.8) is 0 Å². The smallest absolute Gasteiger partial charge is 0.219 e. The number of aryl methyl sites for hydroxylation is 4. The molecule has 0 aliphatic carbocycles. The highest BCUT2D eigenvalue weighted by atomic mass is 16.5. The summed E-state index contributed by atoms with van der Waals surface area (Å²) in [5.41, 5.74) is 16.8. The topological polar surface area (TPSA) is 95.7 Å². The molecule has 5 rings (SSSR count). The number of allylic oxidation sites excluding steroid dienone is 1. The van der Waals surface area contributed by atoms with Gasteiger partial charge in [0.1, 0.15) is 0 Å². The third-order valence-electron chi connectivity index (χ3n) is 8.50. The first kappa shape index (κ1) is 31.2. The lowest BCUT2D eigenvalue weighted by Gasteiger charge is -2.00. The number of carbonyl (C=O) groups excluding carboxylic acids is 1. The molecule has 3 aromatic rings. The van der Waals surface area contributed by atoms with E-state index in [1.54, 1.807) is 7.11 Å². The predicted octanol–water partition coefficient (Wildman–Crippen LogP) is 7.43. The van der Waals surface area contributed by atoms with E-state index in [1.807, 2.05) is 6.92 Å². The minimum absolute atomic E-state index is 0.0760. The van der Waals surface area contributed by atoms with Gasteiger partial charge in [0, 0.05) is 59.4 Å². The average Bonchev–Trinajstić information content (AvgIpc) is 3.69. The largest absolute Gasteiger partial charge is 0.383 e. The Balaban J connectivity index is 0.000000392. The molecule has 2 aliphatic heterocycles. The normalized spacial score (nSPS) is 14.3. The van der Waals surface area contributed by atoms with Crippen molar-refractivity contribution in [2.45, 2.75) is 87.0 Å². The fourth-order valence-corrected chi connectivity index (χ4v) is 5.78. The molecule has 3 N–H and O–H groups in total. The van der Waals surface area contributed by atoms with E-state index in [0.29, 0.717) is 25.5 Å². The van der Waals surface area contributed by atoms with E-state index in [-0.39, 0.29) is 5.91 Å². The lowest BCUT2D eigenvalue weighted by molar-refractivity contribution is -0.120. The van der Waals surface area contributed by atoms with Crippen LogP contribution in [0.1, 0.15) is 97.6 Å². The van der Waals surface area contributed by atoms with E-state index in [0.717, 1.165) is 47.6 Å². The maximum atomic E-state index is 10.5. The third-order valence-corrected chi connectivity index (χ3v) is 8.50. The zero-order valence-corrected chi connectivity index (χ0v) is 26.8. The van der Waals surface area contributed by atoms with E-state index < -0.39 is 0 Å². The number of nitrogens with zero attached hydrogens (tertiary/aromatic N) is 2. The number of hydrogen-bond acceptors (Lipinski definition) is 4. The summed E-state index contributed by atoms with van der Waals surface area (Å²) in [5.74, 6) is 0.472. The molecular weight excluding hydrogens is 522 g/mol. The maximum Gasteiger partial charge on any atom is 0.219 e. The van der Waals surface area contributed by atoms with Gasteiger partial charge in [0.25, 0.3) is 0 Å². The van der Waals surface area contributed by atoms with Crippen LogP contribution in [-0.2, 0) is 28.8 Å². The summed E-state index contributed by atoms with van der Waals surface area (Å²) < 4.78 is 4.72. The van der Waals surface area contributed by atoms with Crippen LogP contribution in [0.25, 0.3) is 33.7 Å². The Morgan fingerprint density at radius 2 is 1.52 bits per heavy atom. The van der Waals surface area contributed by atoms with Gasteiger partial charge in [-0.15, -0.1) is 0 Å². The summed E-state index contributed by atoms with van der Waals surface area (Å²) in [7, 11) is 1.61. The average molecular weight is 570 g/mol. The molecule has 0 aromatic carbocycles. The molecule has 0 saturated heterocycles. The van der Waals surface area contributed by atoms with Crippen molar-refractivity contribution in [2.75, 3.05) is 20.3 Å². The molecule has 7 heteroatoms. The van der Waals surface area contributed by atoms with E-state index in [9.17, 15) is 4.79 Å². The molecule has 8 bridgehead atoms. The number of amides is 1. The fourth-order valence-electron chi connectivity index (χ4n) is 5.78. The summed E-state index contributed by atoms with van der Waals surface area (Å²) in [6.07, 6.45) is 5.69. The second kappa shape index (κ2) is 13.5. The maximum absolute atomic E-state index is 10.5. The number of fused-ring (bicyclic) bond motifs is 8. The molecule has 0 spiro atoms. The van der Waals surface area contributed by atoms with E-state index in [1.165, 1.54) is 49.9 Å². The first-order valence-electron chi connectivity index (χ1n) is 15.3. The van der Waals surface area contributed by atoms with Crippen LogP contribution >= 0.6 is 0 Å². The standard InChI is InChI=1S/C29H34N4.C6H13NO2/c1-8-20-18(6)27-14-29-21(9-2)17(5)26(32-29)12-22-15(3)10-24(30-22)19(7)25-11-16(4)23(31-25)13-28(20)33-27;1-3-6(8)7-4-5-9-2/h11-15,32-33H,8-10H2,1-7H3;3-5H2,1-2H3,(H,7,8). The van der Waals surface area contributed by atoms with Crippen molar-refractivity contribution in [3.05, 3.63) is 68.8 Å². The SMILES string of the molecule is CCC(=O)NCCOC.CCc1c(C)c2cc3[nH]c(cc4nc(c(C)c5nc(cc1[nH]2)C(C)=C5)CC4C)c(C)c3CC. The molecule has 5 heterocycles. The Bertz CT molecular complexity index is 1660. The van der Waals surface area contributed by atoms with Gasteiger partial charge in [0.05, 0.1) is 18.0 Å². The molecule has 0 radical (unpaired) electrons. The fraction of sp³-hybridized carbons (Fsp3) is 0.457. The molecule has 7 nitrogen and oxygen atoms in total. The van der Waals surface area contributed by atoms with Crippen LogP contribution < -0.4 is 5.32 Å². The molecule has 1 unspecified atom stereocenters. The zero-order chi connectivity index (χ0) is 30.6. The molecule has 3 aromatic heterocycles. The Morgan fingerprint density at radius 3 is 2.12 bits per heavy atom. The van der Waals surface area contributed by atoms with Gasteiger partial charge in [-0.2, -0.15) is 0 Å². The van der Waals surface area contributed by atoms with E-state index in [2.05, 4.69) is 88.0 Å². The van der Waals surface area contributed by atoms with Gasteiger partial charge >= 0.3 is 0 Å². The van der Waals surface area contributed by atoms with Crippen LogP contribution in [0.2, 0.25) is 0 Å². The van der Waals surface area contributed by atoms with Crippen molar-refractivity contribution in [3.8, 4) is 0 Å². The number of rotatable bonds is 6. The van der Waals surface area contributed by atoms with E-state index >= 15 is 0 Å². The molecule has 2 aliphatic rings. The number of aromatic amines is 2. The Morgan fingerprint density at radius 1 is 0.905 bits per heavy atom. The minimum Gasteiger partial charge on any atom is -0.383 e. The van der Waals surface area contributed by atoms with Crippen molar-refractivity contribution in [1.82, 2.24) is 25.3 Å². The molecule has 1 atom stereocenters. The predicted molar refractivity (Wildman–Crippen MR) is 175 cm³/mol. The Hall–Kier alpha value is -3.71. The second-order valence-corrected chi connectivity index (χ2v) is 11.4. The van der Waals surface area contributed by atoms with Crippen LogP contribution in [0, 0.1) is 20.8 Å². The van der Waals surface area contributed by atoms with Gasteiger partial charge in [0.2, 0.25) is 5.91 Å². The Labute approximate surface area is 250 Å². The lowest BCUT2D eigenvalue weighted by atomic mass is 10.0. The zero-order valence-electron chi connectivity index (χ0n) is 26.8. The van der Waals surface area contributed by atoms with Gasteiger partial charge < -0.3 is 20.0 Å². The van der Waals surface area contributed by atoms with Crippen molar-refractivity contribution >= 4 is 39.6 Å². The van der Waals surface area contributed by atoms with Crippen molar-refractivity contribution in [2.24, 2.45) is 0 Å². The minimum atomic E-state index is 0.0760. The quantitative estimate of drug-likeness (QED) is 0.269. The summed E-state index contributed by atoms with van der Waals surface area (Å²) >= 11 is 0. The van der Waals surface area contributed by atoms with Gasteiger partial charge in [-0.1, -0.05) is 27.7 Å². The highest BCUT2D eigenvalue weighted by Gasteiger charge is 2.20. The number of ether oxygens (including phenoxy) is 1. The summed E-state index contributed by atoms with van der Waals surface area (Å²) in [6.45, 7) is 18.5. The first-order chi connectivity index (χ1) is 20.1. The van der Waals surface area contributed by atoms with E-state index in [4.69, 9.17) is 14.7 Å². The van der Waals surface area contributed by atoms with Gasteiger partial charge in [0.15, 0.2) is 0 Å². The second-order valence-electron chi connectivity index (χ2n) is 11.4. The van der Waals surface area contributed by atoms with Gasteiger partial charge in [-0.25, -0.2) is 4.98 Å². The van der Waals surface area contributed by atoms with Crippen LogP contribution in [0.5, 0.6) is 0 Å². The highest BCUT2D eigenvalue weighted by molar-refractivity contribution is 5.85. The van der Waals surface area contributed by atoms with Crippen LogP contribution in [-0.4, -0.2) is 46.1 Å². The monoisotopic (exact) mass is 569 g/mol. The summed E-state index contributed by atoms with van der Waals surface area (Å²) in [5, 5.41) is 2.67. The lowest BCUT2D eigenvalue weighted by Crippen LogP contribution is -2.25. The summed E-state index contributed by atoms with van der Waals surface area (Å²) in [4.78, 5) is 28.1. The van der Waals surface area contributed by atoms with Crippen molar-refractivity contribution in [1.29, 1.82) is 0 Å². The summed E-state index contributed by atoms with van der Waals surface area (Å²) in [6, 6.07) is 6.76. The molecule has 0 fully saturated rings. The number of aromatic nitrogens is 4. The molecule has 42 heavy (non-hydrogen) atoms. The third kappa shape index (κ3) is 6.51. The first-order valence-corrected chi connectivity index (χ1v) is 15.3. The van der Waals surface area contributed by atoms with Crippen LogP contribution in [0.3, 0.4) is 0 Å². The van der Waals surface area contributed by atoms with Gasteiger partial charge in [-0.3, -0.25) is 9.78 Å². The molecular formula is C35H47N5O2. The Kier molecular flexibility index (Phi) is 10.0. The van der Waals surface area contributed by atoms with Gasteiger partial charge in [-0.05, 0) is 105 Å². The number of hydrogen-bond donors (Lipinski definition) is 3. The highest BCUT2D eigenvalue weighted by Crippen LogP contribution is 2.31. The number of methoxy groups -OCH3 is 1. The number of nitrogens with one attached hydrogen (secondary N) is 3. The number of carbonyl (C=O) groups is 1. The number of H-pyrrole nitrogens is 2. The molecule has 1 amide bonds. The molecule has 224 valence electrons. The molecule has 0 saturated carbocycles. The van der Waals surface area contributed by atoms with Crippen molar-refractivity contribution < 1.29 is 9.53 Å².